The van der Waals surface area contributed by atoms with Crippen LogP contribution in [-0.4, -0.2) is 56.9 Å². The number of benzene rings is 1. The molecule has 2 fully saturated rings. The molecular formula is C25H27N7O2. The Hall–Kier alpha value is -3.72. The molecule has 9 nitrogen and oxygen atoms in total. The standard InChI is InChI=1S/C25H27N7O2/c1-15-9-18-12-27-24(30-21(18)23(28-15)32-13-25(14-32)7-8-34-25)29-19-6-5-17(10-20(19)33-4)22-26-11-16(2)31(22)3/h5-6,9-12H,7-8,13-14H2,1-4H3,(H,27,29,30). The number of hydrogen-bond acceptors (Lipinski definition) is 8. The Morgan fingerprint density at radius 2 is 1.91 bits per heavy atom. The van der Waals surface area contributed by atoms with Crippen molar-refractivity contribution in [2.24, 2.45) is 7.05 Å². The first-order valence-corrected chi connectivity index (χ1v) is 11.4. The summed E-state index contributed by atoms with van der Waals surface area (Å²) in [6.45, 7) is 6.59. The summed E-state index contributed by atoms with van der Waals surface area (Å²) in [5.74, 6) is 2.96. The van der Waals surface area contributed by atoms with Crippen LogP contribution in [0.3, 0.4) is 0 Å². The van der Waals surface area contributed by atoms with Crippen molar-refractivity contribution in [3.8, 4) is 17.1 Å². The van der Waals surface area contributed by atoms with Crippen LogP contribution in [0.4, 0.5) is 17.5 Å². The Kier molecular flexibility index (Phi) is 4.70. The van der Waals surface area contributed by atoms with Gasteiger partial charge in [0.05, 0.1) is 32.5 Å². The van der Waals surface area contributed by atoms with Crippen LogP contribution in [0.15, 0.2) is 36.7 Å². The van der Waals surface area contributed by atoms with Crippen molar-refractivity contribution in [2.75, 3.05) is 37.0 Å². The number of fused-ring (bicyclic) bond motifs is 1. The number of rotatable bonds is 5. The van der Waals surface area contributed by atoms with E-state index in [0.717, 1.165) is 71.3 Å². The SMILES string of the molecule is COc1cc(-c2ncc(C)n2C)ccc1Nc1ncc2cc(C)nc(N3CC4(CCO4)C3)c2n1. The highest BCUT2D eigenvalue weighted by Gasteiger charge is 2.50. The van der Waals surface area contributed by atoms with Gasteiger partial charge in [0.1, 0.15) is 22.7 Å². The van der Waals surface area contributed by atoms with E-state index < -0.39 is 0 Å². The molecule has 5 heterocycles. The van der Waals surface area contributed by atoms with Crippen LogP contribution in [0.1, 0.15) is 17.8 Å². The van der Waals surface area contributed by atoms with Gasteiger partial charge in [-0.05, 0) is 38.1 Å². The third kappa shape index (κ3) is 3.35. The monoisotopic (exact) mass is 457 g/mol. The number of nitrogens with zero attached hydrogens (tertiary/aromatic N) is 6. The lowest BCUT2D eigenvalue weighted by atomic mass is 9.86. The minimum atomic E-state index is 0.0206. The molecule has 4 aromatic rings. The minimum Gasteiger partial charge on any atom is -0.495 e. The highest BCUT2D eigenvalue weighted by Crippen LogP contribution is 2.40. The third-order valence-corrected chi connectivity index (χ3v) is 6.83. The second-order valence-electron chi connectivity index (χ2n) is 9.18. The van der Waals surface area contributed by atoms with Crippen molar-refractivity contribution in [2.45, 2.75) is 25.9 Å². The van der Waals surface area contributed by atoms with Crippen LogP contribution in [0.5, 0.6) is 5.75 Å². The maximum Gasteiger partial charge on any atom is 0.227 e. The fraction of sp³-hybridized carbons (Fsp3) is 0.360. The normalized spacial score (nSPS) is 16.4. The lowest BCUT2D eigenvalue weighted by Gasteiger charge is -2.55. The van der Waals surface area contributed by atoms with Crippen molar-refractivity contribution in [3.05, 3.63) is 48.0 Å². The molecule has 3 aromatic heterocycles. The van der Waals surface area contributed by atoms with Crippen molar-refractivity contribution < 1.29 is 9.47 Å². The zero-order chi connectivity index (χ0) is 23.4. The summed E-state index contributed by atoms with van der Waals surface area (Å²) in [6, 6.07) is 7.97. The molecule has 1 spiro atoms. The molecule has 2 aliphatic heterocycles. The van der Waals surface area contributed by atoms with Crippen LogP contribution >= 0.6 is 0 Å². The van der Waals surface area contributed by atoms with Crippen molar-refractivity contribution in [1.82, 2.24) is 24.5 Å². The maximum atomic E-state index is 5.79. The third-order valence-electron chi connectivity index (χ3n) is 6.83. The Balaban J connectivity index is 1.32. The summed E-state index contributed by atoms with van der Waals surface area (Å²) >= 11 is 0. The van der Waals surface area contributed by atoms with Gasteiger partial charge in [-0.3, -0.25) is 0 Å². The summed E-state index contributed by atoms with van der Waals surface area (Å²) in [6.07, 6.45) is 4.82. The van der Waals surface area contributed by atoms with E-state index in [1.54, 1.807) is 7.11 Å². The number of methoxy groups -OCH3 is 1. The topological polar surface area (TPSA) is 90.2 Å². The van der Waals surface area contributed by atoms with Gasteiger partial charge in [-0.2, -0.15) is 0 Å². The molecular weight excluding hydrogens is 430 g/mol. The van der Waals surface area contributed by atoms with E-state index in [-0.39, 0.29) is 5.60 Å². The molecule has 34 heavy (non-hydrogen) atoms. The first-order valence-electron chi connectivity index (χ1n) is 11.4. The average molecular weight is 458 g/mol. The molecule has 9 heteroatoms. The number of imidazole rings is 1. The lowest BCUT2D eigenvalue weighted by molar-refractivity contribution is -0.161. The summed E-state index contributed by atoms with van der Waals surface area (Å²) in [7, 11) is 3.66. The smallest absolute Gasteiger partial charge is 0.227 e. The fourth-order valence-corrected chi connectivity index (χ4v) is 4.69. The molecule has 174 valence electrons. The first-order chi connectivity index (χ1) is 16.4. The molecule has 0 atom stereocenters. The van der Waals surface area contributed by atoms with Gasteiger partial charge in [0.15, 0.2) is 5.82 Å². The number of anilines is 3. The second kappa shape index (κ2) is 7.66. The predicted molar refractivity (Wildman–Crippen MR) is 131 cm³/mol. The van der Waals surface area contributed by atoms with E-state index in [1.165, 1.54) is 0 Å². The molecule has 0 saturated carbocycles. The Labute approximate surface area is 197 Å². The van der Waals surface area contributed by atoms with E-state index in [2.05, 4.69) is 24.8 Å². The molecule has 6 rings (SSSR count). The average Bonchev–Trinajstić information content (AvgIpc) is 3.10. The highest BCUT2D eigenvalue weighted by atomic mass is 16.5. The van der Waals surface area contributed by atoms with Crippen LogP contribution in [0.2, 0.25) is 0 Å². The lowest BCUT2D eigenvalue weighted by Crippen LogP contribution is -2.68. The molecule has 2 saturated heterocycles. The van der Waals surface area contributed by atoms with E-state index in [9.17, 15) is 0 Å². The van der Waals surface area contributed by atoms with Gasteiger partial charge in [0.25, 0.3) is 0 Å². The number of ether oxygens (including phenoxy) is 2. The fourth-order valence-electron chi connectivity index (χ4n) is 4.69. The number of hydrogen-bond donors (Lipinski definition) is 1. The first kappa shape index (κ1) is 20.9. The number of aryl methyl sites for hydroxylation is 2. The second-order valence-corrected chi connectivity index (χ2v) is 9.18. The van der Waals surface area contributed by atoms with E-state index in [0.29, 0.717) is 11.7 Å². The summed E-state index contributed by atoms with van der Waals surface area (Å²) < 4.78 is 13.5. The number of pyridine rings is 1. The molecule has 1 aromatic carbocycles. The van der Waals surface area contributed by atoms with Crippen molar-refractivity contribution in [3.63, 3.8) is 0 Å². The van der Waals surface area contributed by atoms with Crippen LogP contribution < -0.4 is 15.0 Å². The highest BCUT2D eigenvalue weighted by molar-refractivity contribution is 5.90. The van der Waals surface area contributed by atoms with Crippen molar-refractivity contribution in [1.29, 1.82) is 0 Å². The van der Waals surface area contributed by atoms with E-state index in [4.69, 9.17) is 19.4 Å². The summed E-state index contributed by atoms with van der Waals surface area (Å²) in [4.78, 5) is 21.0. The van der Waals surface area contributed by atoms with Gasteiger partial charge in [-0.15, -0.1) is 0 Å². The molecule has 0 bridgehead atoms. The van der Waals surface area contributed by atoms with E-state index >= 15 is 0 Å². The van der Waals surface area contributed by atoms with Gasteiger partial charge < -0.3 is 24.3 Å². The number of nitrogens with one attached hydrogen (secondary N) is 1. The largest absolute Gasteiger partial charge is 0.495 e. The Morgan fingerprint density at radius 3 is 2.59 bits per heavy atom. The van der Waals surface area contributed by atoms with Crippen LogP contribution in [-0.2, 0) is 11.8 Å². The van der Waals surface area contributed by atoms with Gasteiger partial charge in [0.2, 0.25) is 5.95 Å². The summed E-state index contributed by atoms with van der Waals surface area (Å²) in [5, 5.41) is 4.29. The molecule has 0 radical (unpaired) electrons. The number of aromatic nitrogens is 5. The molecule has 1 N–H and O–H groups in total. The van der Waals surface area contributed by atoms with Gasteiger partial charge in [-0.25, -0.2) is 19.9 Å². The quantitative estimate of drug-likeness (QED) is 0.484. The molecule has 0 unspecified atom stereocenters. The Morgan fingerprint density at radius 1 is 1.09 bits per heavy atom. The predicted octanol–water partition coefficient (Wildman–Crippen LogP) is 3.77. The Bertz CT molecular complexity index is 1400. The molecule has 0 aliphatic carbocycles. The zero-order valence-electron chi connectivity index (χ0n) is 19.8. The van der Waals surface area contributed by atoms with Gasteiger partial charge in [-0.1, -0.05) is 0 Å². The van der Waals surface area contributed by atoms with Gasteiger partial charge in [0, 0.05) is 48.2 Å². The molecule has 2 aliphatic rings. The minimum absolute atomic E-state index is 0.0206. The van der Waals surface area contributed by atoms with Crippen LogP contribution in [0.25, 0.3) is 22.3 Å². The maximum absolute atomic E-state index is 5.79. The zero-order valence-corrected chi connectivity index (χ0v) is 19.8. The summed E-state index contributed by atoms with van der Waals surface area (Å²) in [5.41, 5.74) is 4.65. The van der Waals surface area contributed by atoms with Gasteiger partial charge >= 0.3 is 0 Å². The molecule has 0 amide bonds. The van der Waals surface area contributed by atoms with Crippen molar-refractivity contribution >= 4 is 28.4 Å². The van der Waals surface area contributed by atoms with E-state index in [1.807, 2.05) is 57.6 Å². The van der Waals surface area contributed by atoms with Crippen LogP contribution in [0, 0.1) is 13.8 Å².